The topological polar surface area (TPSA) is 0 Å². The zero-order valence-electron chi connectivity index (χ0n) is 2.84. The van der Waals surface area contributed by atoms with Crippen LogP contribution in [0, 0.1) is 0 Å². The van der Waals surface area contributed by atoms with Gasteiger partial charge in [-0.3, -0.25) is 0 Å². The van der Waals surface area contributed by atoms with Crippen LogP contribution in [-0.4, -0.2) is 37.7 Å². The number of hydrogen-bond acceptors (Lipinski definition) is 0. The smallest absolute Gasteiger partial charge is 1.00 e. The standard InChI is InChI=1S/3BrH.Ca.K/h3*1H;;/q;;;+2;+1/p-3. The SMILES string of the molecule is [Br-].[Br-].[Br-].[Ca+2].[K+]. The fourth-order valence-electron chi connectivity index (χ4n) is 0. The van der Waals surface area contributed by atoms with Crippen molar-refractivity contribution in [2.45, 2.75) is 0 Å². The minimum absolute atomic E-state index is 0. The van der Waals surface area contributed by atoms with E-state index in [0.29, 0.717) is 0 Å². The van der Waals surface area contributed by atoms with Gasteiger partial charge in [-0.2, -0.15) is 0 Å². The molecule has 0 spiro atoms. The molecule has 0 aliphatic heterocycles. The van der Waals surface area contributed by atoms with E-state index in [9.17, 15) is 0 Å². The average Bonchev–Trinajstić information content (AvgIpc) is 0. The van der Waals surface area contributed by atoms with Crippen LogP contribution in [0.4, 0.5) is 0 Å². The molecule has 0 amide bonds. The van der Waals surface area contributed by atoms with Crippen molar-refractivity contribution in [3.8, 4) is 0 Å². The van der Waals surface area contributed by atoms with E-state index < -0.39 is 0 Å². The monoisotopic (exact) mass is 316 g/mol. The molecule has 0 aliphatic carbocycles. The molecule has 0 fully saturated rings. The van der Waals surface area contributed by atoms with E-state index in [2.05, 4.69) is 0 Å². The molecule has 0 N–H and O–H groups in total. The Kier molecular flexibility index (Phi) is 165. The second-order valence-electron chi connectivity index (χ2n) is 0. The van der Waals surface area contributed by atoms with E-state index in [-0.39, 0.29) is 140 Å². The van der Waals surface area contributed by atoms with Gasteiger partial charge in [0.25, 0.3) is 0 Å². The van der Waals surface area contributed by atoms with Gasteiger partial charge in [0.15, 0.2) is 0 Å². The second-order valence-corrected chi connectivity index (χ2v) is 0. The van der Waals surface area contributed by atoms with E-state index in [4.69, 9.17) is 0 Å². The molecule has 0 aromatic heterocycles. The molecule has 0 bridgehead atoms. The van der Waals surface area contributed by atoms with Gasteiger partial charge >= 0.3 is 89.1 Å². The van der Waals surface area contributed by atoms with Gasteiger partial charge in [-0.15, -0.1) is 0 Å². The maximum absolute atomic E-state index is 0. The molecule has 5 heteroatoms. The molecule has 0 unspecified atom stereocenters. The number of hydrogen-bond donors (Lipinski definition) is 0. The second kappa shape index (κ2) is 23.9. The van der Waals surface area contributed by atoms with Crippen molar-refractivity contribution in [1.82, 2.24) is 0 Å². The molecule has 0 atom stereocenters. The zero-order chi connectivity index (χ0) is 0. The molecule has 0 aromatic carbocycles. The summed E-state index contributed by atoms with van der Waals surface area (Å²) in [6, 6.07) is 0. The van der Waals surface area contributed by atoms with E-state index >= 15 is 0 Å². The van der Waals surface area contributed by atoms with Gasteiger partial charge < -0.3 is 50.9 Å². The number of halogens is 3. The number of rotatable bonds is 0. The summed E-state index contributed by atoms with van der Waals surface area (Å²) >= 11 is 0. The van der Waals surface area contributed by atoms with Crippen LogP contribution in [0.25, 0.3) is 0 Å². The van der Waals surface area contributed by atoms with Crippen LogP contribution < -0.4 is 102 Å². The van der Waals surface area contributed by atoms with E-state index in [1.54, 1.807) is 0 Å². The van der Waals surface area contributed by atoms with Crippen molar-refractivity contribution in [3.63, 3.8) is 0 Å². The van der Waals surface area contributed by atoms with Crippen molar-refractivity contribution in [2.75, 3.05) is 0 Å². The van der Waals surface area contributed by atoms with Crippen LogP contribution >= 0.6 is 0 Å². The summed E-state index contributed by atoms with van der Waals surface area (Å²) in [5, 5.41) is 0. The van der Waals surface area contributed by atoms with Crippen LogP contribution in [0.1, 0.15) is 0 Å². The van der Waals surface area contributed by atoms with Crippen molar-refractivity contribution >= 4 is 37.7 Å². The predicted molar refractivity (Wildman–Crippen MR) is 5.75 cm³/mol. The molecule has 5 heavy (non-hydrogen) atoms. The summed E-state index contributed by atoms with van der Waals surface area (Å²) in [6.45, 7) is 0. The van der Waals surface area contributed by atoms with Crippen LogP contribution in [0.15, 0.2) is 0 Å². The Hall–Kier alpha value is 4.34. The largest absolute Gasteiger partial charge is 2.00 e. The Labute approximate surface area is 136 Å². The molecule has 0 nitrogen and oxygen atoms in total. The predicted octanol–water partition coefficient (Wildman–Crippen LogP) is -12.4. The first-order valence-electron chi connectivity index (χ1n) is 0. The first-order valence-corrected chi connectivity index (χ1v) is 0. The molecule has 0 heterocycles. The Morgan fingerprint density at radius 1 is 0.600 bits per heavy atom. The Balaban J connectivity index is 0. The van der Waals surface area contributed by atoms with Crippen molar-refractivity contribution < 1.29 is 102 Å². The summed E-state index contributed by atoms with van der Waals surface area (Å²) in [6.07, 6.45) is 0. The van der Waals surface area contributed by atoms with E-state index in [0.717, 1.165) is 0 Å². The third kappa shape index (κ3) is 17.8. The molecule has 0 saturated carbocycles. The van der Waals surface area contributed by atoms with Crippen molar-refractivity contribution in [1.29, 1.82) is 0 Å². The van der Waals surface area contributed by atoms with Gasteiger partial charge in [0.2, 0.25) is 0 Å². The maximum Gasteiger partial charge on any atom is 2.00 e. The van der Waals surface area contributed by atoms with Gasteiger partial charge in [0.1, 0.15) is 0 Å². The van der Waals surface area contributed by atoms with Crippen molar-refractivity contribution in [2.24, 2.45) is 0 Å². The van der Waals surface area contributed by atoms with Gasteiger partial charge in [0.05, 0.1) is 0 Å². The van der Waals surface area contributed by atoms with Crippen LogP contribution in [0.2, 0.25) is 0 Å². The molecule has 0 aromatic rings. The zero-order valence-corrected chi connectivity index (χ0v) is 12.9. The quantitative estimate of drug-likeness (QED) is 0.389. The fourth-order valence-corrected chi connectivity index (χ4v) is 0. The average molecular weight is 319 g/mol. The molecule has 0 saturated heterocycles. The molecular weight excluding hydrogens is 319 g/mol. The molecular formula is Br3CaK. The third-order valence-electron chi connectivity index (χ3n) is 0. The van der Waals surface area contributed by atoms with Gasteiger partial charge in [0, 0.05) is 0 Å². The molecule has 0 rings (SSSR count). The summed E-state index contributed by atoms with van der Waals surface area (Å²) in [5.74, 6) is 0. The normalized spacial score (nSPS) is 0. The van der Waals surface area contributed by atoms with Crippen LogP contribution in [0.3, 0.4) is 0 Å². The molecule has 0 radical (unpaired) electrons. The molecule has 24 valence electrons. The van der Waals surface area contributed by atoms with Gasteiger partial charge in [-0.05, 0) is 0 Å². The van der Waals surface area contributed by atoms with Gasteiger partial charge in [-0.1, -0.05) is 0 Å². The van der Waals surface area contributed by atoms with E-state index in [1.807, 2.05) is 0 Å². The van der Waals surface area contributed by atoms with Crippen LogP contribution in [-0.2, 0) is 0 Å². The Morgan fingerprint density at radius 3 is 0.600 bits per heavy atom. The summed E-state index contributed by atoms with van der Waals surface area (Å²) in [7, 11) is 0. The minimum atomic E-state index is 0. The Bertz CT molecular complexity index is 6.85. The summed E-state index contributed by atoms with van der Waals surface area (Å²) < 4.78 is 0. The first-order chi connectivity index (χ1) is 0. The minimum Gasteiger partial charge on any atom is -1.00 e. The van der Waals surface area contributed by atoms with Crippen LogP contribution in [0.5, 0.6) is 0 Å². The van der Waals surface area contributed by atoms with Gasteiger partial charge in [-0.25, -0.2) is 0 Å². The summed E-state index contributed by atoms with van der Waals surface area (Å²) in [5.41, 5.74) is 0. The van der Waals surface area contributed by atoms with Crippen molar-refractivity contribution in [3.05, 3.63) is 0 Å². The maximum atomic E-state index is 0. The Morgan fingerprint density at radius 2 is 0.600 bits per heavy atom. The third-order valence-corrected chi connectivity index (χ3v) is 0. The van der Waals surface area contributed by atoms with E-state index in [1.165, 1.54) is 0 Å². The molecule has 0 aliphatic rings. The first kappa shape index (κ1) is 34.5. The summed E-state index contributed by atoms with van der Waals surface area (Å²) in [4.78, 5) is 0. The fraction of sp³-hybridized carbons (Fsp3) is 0.